The fourth-order valence-electron chi connectivity index (χ4n) is 3.02. The first-order valence-electron chi connectivity index (χ1n) is 9.83. The zero-order chi connectivity index (χ0) is 16.0. The van der Waals surface area contributed by atoms with Gasteiger partial charge in [-0.05, 0) is 31.6 Å². The Balaban J connectivity index is 3.42. The predicted octanol–water partition coefficient (Wildman–Crippen LogP) is 6.42. The summed E-state index contributed by atoms with van der Waals surface area (Å²) in [7, 11) is 4.84. The number of quaternary nitrogens is 1. The molecular weight excluding hydrogens is 254 g/mol. The molecule has 0 radical (unpaired) electrons. The highest BCUT2D eigenvalue weighted by Gasteiger charge is 2.13. The van der Waals surface area contributed by atoms with Crippen LogP contribution in [0.2, 0.25) is 0 Å². The summed E-state index contributed by atoms with van der Waals surface area (Å²) in [5.74, 6) is 0.935. The third kappa shape index (κ3) is 14.7. The van der Waals surface area contributed by atoms with E-state index in [4.69, 9.17) is 0 Å². The van der Waals surface area contributed by atoms with E-state index in [1.807, 2.05) is 0 Å². The van der Waals surface area contributed by atoms with Crippen LogP contribution in [0.25, 0.3) is 0 Å². The van der Waals surface area contributed by atoms with Gasteiger partial charge >= 0.3 is 0 Å². The molecule has 0 aromatic carbocycles. The van der Waals surface area contributed by atoms with E-state index in [9.17, 15) is 0 Å². The molecule has 0 amide bonds. The molecule has 0 aliphatic carbocycles. The molecule has 21 heavy (non-hydrogen) atoms. The minimum Gasteiger partial charge on any atom is -0.328 e. The zero-order valence-electron chi connectivity index (χ0n) is 15.9. The molecule has 128 valence electrons. The van der Waals surface area contributed by atoms with Gasteiger partial charge in [0.1, 0.15) is 0 Å². The minimum atomic E-state index is 0.935. The molecule has 1 heteroatoms. The van der Waals surface area contributed by atoms with Crippen LogP contribution in [0.5, 0.6) is 0 Å². The van der Waals surface area contributed by atoms with Gasteiger partial charge in [0.2, 0.25) is 0 Å². The first-order chi connectivity index (χ1) is 10.0. The van der Waals surface area contributed by atoms with E-state index in [0.717, 1.165) is 5.92 Å². The van der Waals surface area contributed by atoms with E-state index in [0.29, 0.717) is 0 Å². The summed E-state index contributed by atoms with van der Waals surface area (Å²) in [6, 6.07) is 0. The van der Waals surface area contributed by atoms with Crippen LogP contribution < -0.4 is 0 Å². The van der Waals surface area contributed by atoms with Crippen LogP contribution in [0.4, 0.5) is 0 Å². The molecular formula is C20H44N+. The molecule has 1 atom stereocenters. The lowest BCUT2D eigenvalue weighted by atomic mass is 10.0. The van der Waals surface area contributed by atoms with Gasteiger partial charge in [0.25, 0.3) is 0 Å². The molecule has 1 unspecified atom stereocenters. The maximum absolute atomic E-state index is 2.42. The van der Waals surface area contributed by atoms with Crippen molar-refractivity contribution in [2.24, 2.45) is 5.92 Å². The lowest BCUT2D eigenvalue weighted by molar-refractivity contribution is -0.890. The Morgan fingerprint density at radius 1 is 0.667 bits per heavy atom. The van der Waals surface area contributed by atoms with E-state index in [2.05, 4.69) is 34.9 Å². The summed E-state index contributed by atoms with van der Waals surface area (Å²) in [6.45, 7) is 9.74. The van der Waals surface area contributed by atoms with Crippen molar-refractivity contribution in [3.05, 3.63) is 0 Å². The Morgan fingerprint density at radius 2 is 1.14 bits per heavy atom. The normalized spacial score (nSPS) is 13.6. The fourth-order valence-corrected chi connectivity index (χ4v) is 3.02. The first kappa shape index (κ1) is 21.0. The Labute approximate surface area is 136 Å². The summed E-state index contributed by atoms with van der Waals surface area (Å²) in [5, 5.41) is 0. The number of hydrogen-bond donors (Lipinski definition) is 0. The van der Waals surface area contributed by atoms with Crippen molar-refractivity contribution in [1.29, 1.82) is 0 Å². The van der Waals surface area contributed by atoms with Gasteiger partial charge in [0.05, 0.1) is 27.2 Å². The van der Waals surface area contributed by atoms with Crippen molar-refractivity contribution in [3.63, 3.8) is 0 Å². The lowest BCUT2D eigenvalue weighted by Crippen LogP contribution is -2.41. The summed E-state index contributed by atoms with van der Waals surface area (Å²) in [6.07, 6.45) is 17.1. The van der Waals surface area contributed by atoms with Gasteiger partial charge in [-0.25, -0.2) is 0 Å². The highest BCUT2D eigenvalue weighted by Crippen LogP contribution is 2.14. The van der Waals surface area contributed by atoms with Crippen molar-refractivity contribution >= 4 is 0 Å². The number of rotatable bonds is 15. The highest BCUT2D eigenvalue weighted by atomic mass is 15.3. The number of hydrogen-bond acceptors (Lipinski definition) is 0. The molecule has 0 aromatic rings. The topological polar surface area (TPSA) is 0 Å². The third-order valence-corrected chi connectivity index (χ3v) is 5.02. The maximum atomic E-state index is 2.42. The lowest BCUT2D eigenvalue weighted by Gasteiger charge is -2.30. The molecule has 0 saturated heterocycles. The van der Waals surface area contributed by atoms with E-state index in [1.54, 1.807) is 0 Å². The van der Waals surface area contributed by atoms with Crippen molar-refractivity contribution < 1.29 is 4.48 Å². The van der Waals surface area contributed by atoms with Gasteiger partial charge in [-0.3, -0.25) is 0 Å². The smallest absolute Gasteiger partial charge is 0.0782 e. The van der Waals surface area contributed by atoms with Crippen LogP contribution >= 0.6 is 0 Å². The molecule has 0 bridgehead atoms. The SMILES string of the molecule is CCCCCCCC[N+](C)(C)CCCCCCC(C)CC. The van der Waals surface area contributed by atoms with Gasteiger partial charge in [-0.15, -0.1) is 0 Å². The minimum absolute atomic E-state index is 0.935. The van der Waals surface area contributed by atoms with Crippen LogP contribution in [0.1, 0.15) is 97.8 Å². The van der Waals surface area contributed by atoms with Crippen LogP contribution in [0.15, 0.2) is 0 Å². The van der Waals surface area contributed by atoms with Crippen molar-refractivity contribution in [2.75, 3.05) is 27.2 Å². The molecule has 0 N–H and O–H groups in total. The Morgan fingerprint density at radius 3 is 1.67 bits per heavy atom. The Bertz CT molecular complexity index is 210. The molecule has 0 aromatic heterocycles. The van der Waals surface area contributed by atoms with Crippen LogP contribution in [-0.4, -0.2) is 31.7 Å². The quantitative estimate of drug-likeness (QED) is 0.242. The highest BCUT2D eigenvalue weighted by molar-refractivity contribution is 4.51. The average Bonchev–Trinajstić information content (AvgIpc) is 2.46. The molecule has 0 fully saturated rings. The van der Waals surface area contributed by atoms with Crippen LogP contribution in [-0.2, 0) is 0 Å². The Kier molecular flexibility index (Phi) is 13.6. The first-order valence-corrected chi connectivity index (χ1v) is 9.83. The zero-order valence-corrected chi connectivity index (χ0v) is 15.9. The molecule has 0 heterocycles. The van der Waals surface area contributed by atoms with Gasteiger partial charge in [-0.1, -0.05) is 72.1 Å². The second-order valence-electron chi connectivity index (χ2n) is 7.87. The summed E-state index contributed by atoms with van der Waals surface area (Å²) in [4.78, 5) is 0. The van der Waals surface area contributed by atoms with Crippen LogP contribution in [0.3, 0.4) is 0 Å². The fraction of sp³-hybridized carbons (Fsp3) is 1.00. The molecule has 1 nitrogen and oxygen atoms in total. The second kappa shape index (κ2) is 13.6. The van der Waals surface area contributed by atoms with Gasteiger partial charge in [0.15, 0.2) is 0 Å². The molecule has 0 spiro atoms. The summed E-state index contributed by atoms with van der Waals surface area (Å²) >= 11 is 0. The number of unbranched alkanes of at least 4 members (excludes halogenated alkanes) is 8. The van der Waals surface area contributed by atoms with E-state index >= 15 is 0 Å². The summed E-state index contributed by atoms with van der Waals surface area (Å²) < 4.78 is 1.24. The molecule has 0 aliphatic heterocycles. The Hall–Kier alpha value is -0.0400. The second-order valence-corrected chi connectivity index (χ2v) is 7.87. The van der Waals surface area contributed by atoms with E-state index in [-0.39, 0.29) is 0 Å². The molecule has 0 rings (SSSR count). The number of nitrogens with zero attached hydrogens (tertiary/aromatic N) is 1. The predicted molar refractivity (Wildman–Crippen MR) is 97.8 cm³/mol. The van der Waals surface area contributed by atoms with Gasteiger partial charge in [0, 0.05) is 0 Å². The van der Waals surface area contributed by atoms with Crippen molar-refractivity contribution in [3.8, 4) is 0 Å². The summed E-state index contributed by atoms with van der Waals surface area (Å²) in [5.41, 5.74) is 0. The molecule has 0 aliphatic rings. The third-order valence-electron chi connectivity index (χ3n) is 5.02. The monoisotopic (exact) mass is 298 g/mol. The maximum Gasteiger partial charge on any atom is 0.0782 e. The van der Waals surface area contributed by atoms with Gasteiger partial charge < -0.3 is 4.48 Å². The van der Waals surface area contributed by atoms with E-state index in [1.165, 1.54) is 94.6 Å². The van der Waals surface area contributed by atoms with Crippen molar-refractivity contribution in [1.82, 2.24) is 0 Å². The standard InChI is InChI=1S/C20H44N/c1-6-8-9-10-12-15-18-21(4,5)19-16-13-11-14-17-20(3)7-2/h20H,6-19H2,1-5H3/q+1. The van der Waals surface area contributed by atoms with Crippen molar-refractivity contribution in [2.45, 2.75) is 97.8 Å². The average molecular weight is 299 g/mol. The van der Waals surface area contributed by atoms with E-state index < -0.39 is 0 Å². The largest absolute Gasteiger partial charge is 0.328 e. The molecule has 0 saturated carbocycles. The van der Waals surface area contributed by atoms with Crippen LogP contribution in [0, 0.1) is 5.92 Å². The van der Waals surface area contributed by atoms with Gasteiger partial charge in [-0.2, -0.15) is 0 Å².